The van der Waals surface area contributed by atoms with Gasteiger partial charge in [0.2, 0.25) is 0 Å². The average molecular weight is 366 g/mol. The van der Waals surface area contributed by atoms with Crippen molar-refractivity contribution in [2.75, 3.05) is 11.9 Å². The molecule has 0 fully saturated rings. The number of carbonyl (C=O) groups is 2. The summed E-state index contributed by atoms with van der Waals surface area (Å²) in [5.41, 5.74) is 0.901. The number of nitrogens with one attached hydrogen (secondary N) is 1. The molecule has 1 aromatic carbocycles. The summed E-state index contributed by atoms with van der Waals surface area (Å²) < 4.78 is 6.46. The number of nitriles is 1. The van der Waals surface area contributed by atoms with Crippen molar-refractivity contribution >= 4 is 29.0 Å². The molecule has 7 nitrogen and oxygen atoms in total. The van der Waals surface area contributed by atoms with Crippen molar-refractivity contribution in [1.82, 2.24) is 9.78 Å². The van der Waals surface area contributed by atoms with E-state index >= 15 is 0 Å². The average Bonchev–Trinajstić information content (AvgIpc) is 3.26. The molecule has 26 heavy (non-hydrogen) atoms. The first-order chi connectivity index (χ1) is 12.6. The highest BCUT2D eigenvalue weighted by molar-refractivity contribution is 7.13. The molecule has 130 valence electrons. The largest absolute Gasteiger partial charge is 0.451 e. The number of anilines is 1. The molecule has 0 aliphatic rings. The molecule has 0 unspecified atom stereocenters. The van der Waals surface area contributed by atoms with Gasteiger partial charge in [-0.3, -0.25) is 4.79 Å². The fourth-order valence-electron chi connectivity index (χ4n) is 2.23. The van der Waals surface area contributed by atoms with E-state index in [0.29, 0.717) is 10.6 Å². The van der Waals surface area contributed by atoms with Gasteiger partial charge in [-0.25, -0.2) is 9.48 Å². The Bertz CT molecular complexity index is 986. The van der Waals surface area contributed by atoms with Crippen LogP contribution >= 0.6 is 11.3 Å². The summed E-state index contributed by atoms with van der Waals surface area (Å²) in [6.45, 7) is 1.42. The Balaban J connectivity index is 1.70. The van der Waals surface area contributed by atoms with E-state index < -0.39 is 18.5 Å². The molecular weight excluding hydrogens is 352 g/mol. The van der Waals surface area contributed by atoms with Crippen LogP contribution in [0.25, 0.3) is 5.69 Å². The minimum atomic E-state index is -0.560. The van der Waals surface area contributed by atoms with E-state index in [-0.39, 0.29) is 11.4 Å². The number of ether oxygens (including phenoxy) is 1. The molecule has 0 bridgehead atoms. The molecule has 0 radical (unpaired) electrons. The molecule has 0 spiro atoms. The van der Waals surface area contributed by atoms with Crippen LogP contribution in [0.4, 0.5) is 5.82 Å². The lowest BCUT2D eigenvalue weighted by molar-refractivity contribution is -0.119. The molecule has 0 saturated heterocycles. The molecule has 1 amide bonds. The number of para-hydroxylation sites is 1. The number of carbonyl (C=O) groups excluding carboxylic acids is 2. The number of amides is 1. The highest BCUT2D eigenvalue weighted by atomic mass is 32.1. The minimum absolute atomic E-state index is 0.211. The number of esters is 1. The smallest absolute Gasteiger partial charge is 0.348 e. The zero-order valence-corrected chi connectivity index (χ0v) is 14.6. The van der Waals surface area contributed by atoms with E-state index in [9.17, 15) is 14.9 Å². The van der Waals surface area contributed by atoms with Gasteiger partial charge in [0.15, 0.2) is 12.4 Å². The highest BCUT2D eigenvalue weighted by Crippen LogP contribution is 2.20. The number of hydrogen-bond acceptors (Lipinski definition) is 6. The van der Waals surface area contributed by atoms with Crippen LogP contribution in [0.1, 0.15) is 20.1 Å². The zero-order chi connectivity index (χ0) is 18.5. The van der Waals surface area contributed by atoms with Crippen molar-refractivity contribution in [3.8, 4) is 11.8 Å². The van der Waals surface area contributed by atoms with E-state index in [2.05, 4.69) is 10.4 Å². The normalized spacial score (nSPS) is 10.2. The van der Waals surface area contributed by atoms with Crippen molar-refractivity contribution in [3.05, 3.63) is 64.0 Å². The van der Waals surface area contributed by atoms with Gasteiger partial charge in [-0.1, -0.05) is 18.2 Å². The van der Waals surface area contributed by atoms with Crippen LogP contribution < -0.4 is 5.32 Å². The summed E-state index contributed by atoms with van der Waals surface area (Å²) in [5, 5.41) is 15.9. The molecule has 2 aromatic heterocycles. The maximum absolute atomic E-state index is 12.2. The Labute approximate surface area is 153 Å². The molecular formula is C18H14N4O3S. The van der Waals surface area contributed by atoms with E-state index in [4.69, 9.17) is 4.74 Å². The second-order valence-corrected chi connectivity index (χ2v) is 6.59. The molecule has 3 aromatic rings. The predicted molar refractivity (Wildman–Crippen MR) is 96.2 cm³/mol. The van der Waals surface area contributed by atoms with Crippen LogP contribution in [0.3, 0.4) is 0 Å². The number of benzene rings is 1. The van der Waals surface area contributed by atoms with Crippen LogP contribution in [0.5, 0.6) is 0 Å². The van der Waals surface area contributed by atoms with Crippen molar-refractivity contribution in [2.24, 2.45) is 0 Å². The summed E-state index contributed by atoms with van der Waals surface area (Å²) in [4.78, 5) is 25.5. The van der Waals surface area contributed by atoms with E-state index in [1.54, 1.807) is 24.3 Å². The first-order valence-corrected chi connectivity index (χ1v) is 8.47. The van der Waals surface area contributed by atoms with E-state index in [1.165, 1.54) is 22.2 Å². The fraction of sp³-hybridized carbons (Fsp3) is 0.111. The van der Waals surface area contributed by atoms with Gasteiger partial charge in [-0.2, -0.15) is 10.4 Å². The quantitative estimate of drug-likeness (QED) is 0.700. The number of thiophene rings is 1. The molecule has 8 heteroatoms. The van der Waals surface area contributed by atoms with Crippen LogP contribution in [0.15, 0.2) is 48.7 Å². The molecule has 0 saturated carbocycles. The van der Waals surface area contributed by atoms with Crippen LogP contribution in [0, 0.1) is 18.3 Å². The lowest BCUT2D eigenvalue weighted by atomic mass is 10.3. The van der Waals surface area contributed by atoms with Crippen molar-refractivity contribution in [3.63, 3.8) is 0 Å². The second-order valence-electron chi connectivity index (χ2n) is 5.30. The predicted octanol–water partition coefficient (Wildman–Crippen LogP) is 2.91. The van der Waals surface area contributed by atoms with Gasteiger partial charge in [0.1, 0.15) is 16.5 Å². The number of aromatic nitrogens is 2. The van der Waals surface area contributed by atoms with E-state index in [1.807, 2.05) is 31.2 Å². The minimum Gasteiger partial charge on any atom is -0.451 e. The van der Waals surface area contributed by atoms with Crippen molar-refractivity contribution in [1.29, 1.82) is 5.26 Å². The van der Waals surface area contributed by atoms with Crippen molar-refractivity contribution in [2.45, 2.75) is 6.92 Å². The Morgan fingerprint density at radius 1 is 1.27 bits per heavy atom. The number of aryl methyl sites for hydroxylation is 1. The molecule has 0 atom stereocenters. The standard InChI is InChI=1S/C18H14N4O3S/c1-12-7-8-15(26-12)18(24)25-11-16(23)21-17-13(9-19)10-20-22(17)14-5-3-2-4-6-14/h2-8,10H,11H2,1H3,(H,21,23). The molecule has 2 heterocycles. The monoisotopic (exact) mass is 366 g/mol. The SMILES string of the molecule is Cc1ccc(C(=O)OCC(=O)Nc2c(C#N)cnn2-c2ccccc2)s1. The van der Waals surface area contributed by atoms with Gasteiger partial charge in [-0.05, 0) is 31.2 Å². The lowest BCUT2D eigenvalue weighted by Crippen LogP contribution is -2.22. The van der Waals surface area contributed by atoms with Gasteiger partial charge < -0.3 is 10.1 Å². The van der Waals surface area contributed by atoms with Crippen molar-refractivity contribution < 1.29 is 14.3 Å². The van der Waals surface area contributed by atoms with Crippen LogP contribution in [0.2, 0.25) is 0 Å². The molecule has 1 N–H and O–H groups in total. The maximum Gasteiger partial charge on any atom is 0.348 e. The van der Waals surface area contributed by atoms with Crippen LogP contribution in [-0.2, 0) is 9.53 Å². The summed E-state index contributed by atoms with van der Waals surface area (Å²) in [7, 11) is 0. The number of hydrogen-bond donors (Lipinski definition) is 1. The summed E-state index contributed by atoms with van der Waals surface area (Å²) in [5.74, 6) is -0.886. The third-order valence-electron chi connectivity index (χ3n) is 3.42. The maximum atomic E-state index is 12.2. The second kappa shape index (κ2) is 7.63. The third-order valence-corrected chi connectivity index (χ3v) is 4.40. The Morgan fingerprint density at radius 3 is 2.69 bits per heavy atom. The van der Waals surface area contributed by atoms with Gasteiger partial charge in [0.05, 0.1) is 11.9 Å². The van der Waals surface area contributed by atoms with Crippen LogP contribution in [-0.4, -0.2) is 28.3 Å². The summed E-state index contributed by atoms with van der Waals surface area (Å²) in [6.07, 6.45) is 1.36. The molecule has 3 rings (SSSR count). The molecule has 0 aliphatic carbocycles. The Kier molecular flexibility index (Phi) is 5.10. The first kappa shape index (κ1) is 17.4. The topological polar surface area (TPSA) is 97.0 Å². The summed E-state index contributed by atoms with van der Waals surface area (Å²) >= 11 is 1.30. The lowest BCUT2D eigenvalue weighted by Gasteiger charge is -2.09. The van der Waals surface area contributed by atoms with Gasteiger partial charge in [0, 0.05) is 4.88 Å². The Morgan fingerprint density at radius 2 is 2.04 bits per heavy atom. The third kappa shape index (κ3) is 3.79. The molecule has 0 aliphatic heterocycles. The fourth-order valence-corrected chi connectivity index (χ4v) is 2.99. The number of rotatable bonds is 5. The van der Waals surface area contributed by atoms with Gasteiger partial charge in [-0.15, -0.1) is 11.3 Å². The number of nitrogens with zero attached hydrogens (tertiary/aromatic N) is 3. The van der Waals surface area contributed by atoms with E-state index in [0.717, 1.165) is 4.88 Å². The van der Waals surface area contributed by atoms with Gasteiger partial charge in [0.25, 0.3) is 5.91 Å². The Hall–Kier alpha value is -3.44. The first-order valence-electron chi connectivity index (χ1n) is 7.65. The highest BCUT2D eigenvalue weighted by Gasteiger charge is 2.17. The summed E-state index contributed by atoms with van der Waals surface area (Å²) in [6, 6.07) is 14.5. The zero-order valence-electron chi connectivity index (χ0n) is 13.8. The van der Waals surface area contributed by atoms with Gasteiger partial charge >= 0.3 is 5.97 Å².